The van der Waals surface area contributed by atoms with Crippen LogP contribution >= 0.6 is 0 Å². The number of ether oxygens (including phenoxy) is 2. The van der Waals surface area contributed by atoms with Crippen molar-refractivity contribution in [2.24, 2.45) is 0 Å². The SMILES string of the molecule is CC(/C=C\C(=O)N(c1ccccn1)C1CCCCC1)c1ccc2c(c1)OCO2. The number of allylic oxidation sites excluding steroid dienone is 1. The standard InChI is InChI=1S/C23H26N2O3/c1-17(18-11-12-20-21(15-18)28-16-27-20)10-13-23(26)25(19-7-3-2-4-8-19)22-9-5-6-14-24-22/h5-6,9-15,17,19H,2-4,7-8,16H2,1H3/b13-10-. The average Bonchev–Trinajstić information content (AvgIpc) is 3.22. The van der Waals surface area contributed by atoms with Crippen LogP contribution in [0, 0.1) is 0 Å². The molecule has 1 aliphatic heterocycles. The predicted octanol–water partition coefficient (Wildman–Crippen LogP) is 4.84. The summed E-state index contributed by atoms with van der Waals surface area (Å²) in [6.45, 7) is 2.34. The molecule has 0 bridgehead atoms. The van der Waals surface area contributed by atoms with Crippen molar-refractivity contribution in [2.75, 3.05) is 11.7 Å². The van der Waals surface area contributed by atoms with Crippen molar-refractivity contribution >= 4 is 11.7 Å². The molecule has 5 heteroatoms. The molecule has 1 unspecified atom stereocenters. The van der Waals surface area contributed by atoms with E-state index in [0.29, 0.717) is 0 Å². The summed E-state index contributed by atoms with van der Waals surface area (Å²) in [6.07, 6.45) is 11.0. The molecule has 2 heterocycles. The summed E-state index contributed by atoms with van der Waals surface area (Å²) in [5, 5.41) is 0. The van der Waals surface area contributed by atoms with Crippen LogP contribution in [0.5, 0.6) is 11.5 Å². The van der Waals surface area contributed by atoms with Gasteiger partial charge in [-0.05, 0) is 48.6 Å². The highest BCUT2D eigenvalue weighted by Crippen LogP contribution is 2.35. The van der Waals surface area contributed by atoms with E-state index in [9.17, 15) is 4.79 Å². The van der Waals surface area contributed by atoms with E-state index in [0.717, 1.165) is 35.7 Å². The van der Waals surface area contributed by atoms with Crippen LogP contribution in [-0.4, -0.2) is 23.7 Å². The molecule has 1 fully saturated rings. The van der Waals surface area contributed by atoms with E-state index in [2.05, 4.69) is 11.9 Å². The fourth-order valence-corrected chi connectivity index (χ4v) is 3.93. The summed E-state index contributed by atoms with van der Waals surface area (Å²) in [5.74, 6) is 2.37. The van der Waals surface area contributed by atoms with E-state index < -0.39 is 0 Å². The lowest BCUT2D eigenvalue weighted by molar-refractivity contribution is -0.114. The normalized spacial score (nSPS) is 17.6. The molecule has 0 radical (unpaired) electrons. The van der Waals surface area contributed by atoms with Gasteiger partial charge in [0.25, 0.3) is 5.91 Å². The lowest BCUT2D eigenvalue weighted by atomic mass is 9.94. The average molecular weight is 378 g/mol. The number of fused-ring (bicyclic) bond motifs is 1. The number of aromatic nitrogens is 1. The number of carbonyl (C=O) groups excluding carboxylic acids is 1. The molecule has 1 amide bonds. The Morgan fingerprint density at radius 3 is 2.75 bits per heavy atom. The van der Waals surface area contributed by atoms with Gasteiger partial charge in [0, 0.05) is 18.3 Å². The van der Waals surface area contributed by atoms with E-state index in [4.69, 9.17) is 9.47 Å². The first-order chi connectivity index (χ1) is 13.7. The van der Waals surface area contributed by atoms with Gasteiger partial charge in [0.15, 0.2) is 11.5 Å². The zero-order valence-electron chi connectivity index (χ0n) is 16.2. The van der Waals surface area contributed by atoms with Crippen molar-refractivity contribution in [3.05, 3.63) is 60.3 Å². The number of rotatable bonds is 5. The highest BCUT2D eigenvalue weighted by molar-refractivity contribution is 6.01. The first-order valence-electron chi connectivity index (χ1n) is 10.0. The van der Waals surface area contributed by atoms with Crippen LogP contribution in [0.25, 0.3) is 0 Å². The summed E-state index contributed by atoms with van der Waals surface area (Å²) >= 11 is 0. The number of benzene rings is 1. The van der Waals surface area contributed by atoms with Crippen molar-refractivity contribution in [1.29, 1.82) is 0 Å². The molecule has 1 aromatic carbocycles. The predicted molar refractivity (Wildman–Crippen MR) is 109 cm³/mol. The van der Waals surface area contributed by atoms with E-state index >= 15 is 0 Å². The van der Waals surface area contributed by atoms with Gasteiger partial charge in [-0.25, -0.2) is 4.98 Å². The zero-order chi connectivity index (χ0) is 19.3. The first-order valence-corrected chi connectivity index (χ1v) is 10.0. The smallest absolute Gasteiger partial charge is 0.252 e. The van der Waals surface area contributed by atoms with Gasteiger partial charge in [-0.3, -0.25) is 9.69 Å². The van der Waals surface area contributed by atoms with Gasteiger partial charge < -0.3 is 9.47 Å². The fourth-order valence-electron chi connectivity index (χ4n) is 3.93. The summed E-state index contributed by atoms with van der Waals surface area (Å²) in [6, 6.07) is 11.9. The van der Waals surface area contributed by atoms with Crippen molar-refractivity contribution in [1.82, 2.24) is 4.98 Å². The molecule has 2 aromatic rings. The van der Waals surface area contributed by atoms with Crippen LogP contribution in [0.1, 0.15) is 50.5 Å². The molecule has 0 N–H and O–H groups in total. The van der Waals surface area contributed by atoms with Crippen molar-refractivity contribution in [2.45, 2.75) is 51.0 Å². The molecular formula is C23H26N2O3. The third kappa shape index (κ3) is 4.03. The van der Waals surface area contributed by atoms with Crippen LogP contribution in [0.15, 0.2) is 54.7 Å². The maximum atomic E-state index is 13.1. The number of hydrogen-bond donors (Lipinski definition) is 0. The monoisotopic (exact) mass is 378 g/mol. The minimum absolute atomic E-state index is 0.00167. The lowest BCUT2D eigenvalue weighted by Crippen LogP contribution is -2.41. The Labute approximate surface area is 166 Å². The number of anilines is 1. The lowest BCUT2D eigenvalue weighted by Gasteiger charge is -2.33. The second-order valence-corrected chi connectivity index (χ2v) is 7.45. The molecule has 0 spiro atoms. The quantitative estimate of drug-likeness (QED) is 0.699. The van der Waals surface area contributed by atoms with E-state index in [1.54, 1.807) is 12.3 Å². The van der Waals surface area contributed by atoms with Gasteiger partial charge >= 0.3 is 0 Å². The van der Waals surface area contributed by atoms with Gasteiger partial charge in [0.1, 0.15) is 5.82 Å². The molecule has 1 aromatic heterocycles. The molecule has 28 heavy (non-hydrogen) atoms. The maximum absolute atomic E-state index is 13.1. The summed E-state index contributed by atoms with van der Waals surface area (Å²) in [7, 11) is 0. The van der Waals surface area contributed by atoms with Crippen LogP contribution < -0.4 is 14.4 Å². The number of nitrogens with zero attached hydrogens (tertiary/aromatic N) is 2. The molecule has 1 saturated carbocycles. The maximum Gasteiger partial charge on any atom is 0.252 e. The molecule has 5 nitrogen and oxygen atoms in total. The largest absolute Gasteiger partial charge is 0.454 e. The molecular weight excluding hydrogens is 352 g/mol. The summed E-state index contributed by atoms with van der Waals surface area (Å²) in [4.78, 5) is 19.4. The minimum atomic E-state index is -0.00167. The van der Waals surface area contributed by atoms with Crippen molar-refractivity contribution in [3.8, 4) is 11.5 Å². The minimum Gasteiger partial charge on any atom is -0.454 e. The third-order valence-electron chi connectivity index (χ3n) is 5.52. The molecule has 2 aliphatic rings. The zero-order valence-corrected chi connectivity index (χ0v) is 16.2. The van der Waals surface area contributed by atoms with E-state index in [1.807, 2.05) is 47.4 Å². The highest BCUT2D eigenvalue weighted by Gasteiger charge is 2.26. The molecule has 1 aliphatic carbocycles. The summed E-state index contributed by atoms with van der Waals surface area (Å²) < 4.78 is 10.8. The second-order valence-electron chi connectivity index (χ2n) is 7.45. The van der Waals surface area contributed by atoms with Crippen molar-refractivity contribution in [3.63, 3.8) is 0 Å². The van der Waals surface area contributed by atoms with Gasteiger partial charge in [0.05, 0.1) is 0 Å². The molecule has 4 rings (SSSR count). The van der Waals surface area contributed by atoms with Gasteiger partial charge in [-0.15, -0.1) is 0 Å². The van der Waals surface area contributed by atoms with Crippen molar-refractivity contribution < 1.29 is 14.3 Å². The topological polar surface area (TPSA) is 51.7 Å². The molecule has 146 valence electrons. The highest BCUT2D eigenvalue weighted by atomic mass is 16.7. The number of carbonyl (C=O) groups is 1. The summed E-state index contributed by atoms with van der Waals surface area (Å²) in [5.41, 5.74) is 1.09. The van der Waals surface area contributed by atoms with E-state index in [-0.39, 0.29) is 24.7 Å². The Hall–Kier alpha value is -2.82. The molecule has 0 saturated heterocycles. The van der Waals surface area contributed by atoms with Crippen LogP contribution in [0.3, 0.4) is 0 Å². The van der Waals surface area contributed by atoms with E-state index in [1.165, 1.54) is 19.3 Å². The fraction of sp³-hybridized carbons (Fsp3) is 0.391. The Bertz CT molecular complexity index is 844. The second kappa shape index (κ2) is 8.46. The Morgan fingerprint density at radius 2 is 1.96 bits per heavy atom. The van der Waals surface area contributed by atoms with Gasteiger partial charge in [0.2, 0.25) is 6.79 Å². The first kappa shape index (κ1) is 18.5. The third-order valence-corrected chi connectivity index (χ3v) is 5.52. The van der Waals surface area contributed by atoms with Crippen LogP contribution in [-0.2, 0) is 4.79 Å². The van der Waals surface area contributed by atoms with Gasteiger partial charge in [-0.2, -0.15) is 0 Å². The Morgan fingerprint density at radius 1 is 1.14 bits per heavy atom. The number of amides is 1. The van der Waals surface area contributed by atoms with Crippen LogP contribution in [0.4, 0.5) is 5.82 Å². The number of hydrogen-bond acceptors (Lipinski definition) is 4. The molecule has 1 atom stereocenters. The number of pyridine rings is 1. The Balaban J connectivity index is 1.51. The Kier molecular flexibility index (Phi) is 5.60. The van der Waals surface area contributed by atoms with Gasteiger partial charge in [-0.1, -0.05) is 44.4 Å². The van der Waals surface area contributed by atoms with Crippen LogP contribution in [0.2, 0.25) is 0 Å².